The van der Waals surface area contributed by atoms with Crippen LogP contribution in [0.3, 0.4) is 0 Å². The van der Waals surface area contributed by atoms with Crippen LogP contribution in [0, 0.1) is 23.7 Å². The van der Waals surface area contributed by atoms with Gasteiger partial charge >= 0.3 is 0 Å². The lowest BCUT2D eigenvalue weighted by Gasteiger charge is -2.39. The Hall–Kier alpha value is -0.120. The summed E-state index contributed by atoms with van der Waals surface area (Å²) in [6.45, 7) is 9.34. The maximum absolute atomic E-state index is 10.3. The molecule has 0 amide bonds. The molecule has 2 fully saturated rings. The van der Waals surface area contributed by atoms with Crippen LogP contribution in [-0.2, 0) is 0 Å². The average molecular weight is 268 g/mol. The van der Waals surface area contributed by atoms with Gasteiger partial charge in [0, 0.05) is 25.6 Å². The quantitative estimate of drug-likeness (QED) is 0.844. The molecule has 1 saturated carbocycles. The molecule has 0 radical (unpaired) electrons. The molecule has 5 unspecified atom stereocenters. The fraction of sp³-hybridized carbons (Fsp3) is 1.00. The van der Waals surface area contributed by atoms with Crippen molar-refractivity contribution in [3.8, 4) is 0 Å². The van der Waals surface area contributed by atoms with E-state index in [0.717, 1.165) is 18.9 Å². The van der Waals surface area contributed by atoms with Gasteiger partial charge in [-0.1, -0.05) is 13.8 Å². The van der Waals surface area contributed by atoms with Crippen LogP contribution in [0.15, 0.2) is 0 Å². The predicted molar refractivity (Wildman–Crippen MR) is 80.2 cm³/mol. The van der Waals surface area contributed by atoms with Crippen molar-refractivity contribution in [3.05, 3.63) is 0 Å². The maximum Gasteiger partial charge on any atom is 0.0585 e. The van der Waals surface area contributed by atoms with E-state index in [-0.39, 0.29) is 6.10 Å². The molecule has 0 aromatic carbocycles. The van der Waals surface area contributed by atoms with Crippen LogP contribution in [0.25, 0.3) is 0 Å². The molecule has 2 aliphatic rings. The standard InChI is InChI=1S/C16H32N2O/c1-12-7-13(2)15(16(19)8-12)11-18(4)10-14-5-6-17(3)9-14/h12-16,19H,5-11H2,1-4H3. The topological polar surface area (TPSA) is 26.7 Å². The maximum atomic E-state index is 10.3. The van der Waals surface area contributed by atoms with Crippen molar-refractivity contribution in [3.63, 3.8) is 0 Å². The highest BCUT2D eigenvalue weighted by Gasteiger charge is 2.33. The first kappa shape index (κ1) is 15.3. The smallest absolute Gasteiger partial charge is 0.0585 e. The van der Waals surface area contributed by atoms with Crippen molar-refractivity contribution < 1.29 is 5.11 Å². The van der Waals surface area contributed by atoms with Crippen molar-refractivity contribution in [2.75, 3.05) is 40.3 Å². The summed E-state index contributed by atoms with van der Waals surface area (Å²) in [7, 11) is 4.45. The van der Waals surface area contributed by atoms with E-state index in [1.807, 2.05) is 0 Å². The SMILES string of the molecule is CC1CC(C)C(CN(C)CC2CCN(C)C2)C(O)C1. The summed E-state index contributed by atoms with van der Waals surface area (Å²) in [5.41, 5.74) is 0. The molecule has 3 nitrogen and oxygen atoms in total. The third-order valence-electron chi connectivity index (χ3n) is 5.22. The molecular formula is C16H32N2O. The van der Waals surface area contributed by atoms with E-state index in [4.69, 9.17) is 0 Å². The minimum Gasteiger partial charge on any atom is -0.393 e. The van der Waals surface area contributed by atoms with Crippen LogP contribution in [0.2, 0.25) is 0 Å². The molecule has 1 heterocycles. The molecule has 1 aliphatic heterocycles. The monoisotopic (exact) mass is 268 g/mol. The molecule has 2 rings (SSSR count). The molecule has 3 heteroatoms. The summed E-state index contributed by atoms with van der Waals surface area (Å²) in [6.07, 6.45) is 3.52. The Morgan fingerprint density at radius 3 is 2.53 bits per heavy atom. The lowest BCUT2D eigenvalue weighted by atomic mass is 9.73. The normalized spacial score (nSPS) is 41.1. The summed E-state index contributed by atoms with van der Waals surface area (Å²) in [5, 5.41) is 10.3. The highest BCUT2D eigenvalue weighted by Crippen LogP contribution is 2.34. The van der Waals surface area contributed by atoms with Gasteiger partial charge in [-0.05, 0) is 57.7 Å². The van der Waals surface area contributed by atoms with E-state index in [9.17, 15) is 5.11 Å². The fourth-order valence-corrected chi connectivity index (χ4v) is 4.22. The second-order valence-electron chi connectivity index (χ2n) is 7.42. The van der Waals surface area contributed by atoms with Crippen molar-refractivity contribution >= 4 is 0 Å². The Bertz CT molecular complexity index is 272. The van der Waals surface area contributed by atoms with E-state index >= 15 is 0 Å². The molecule has 5 atom stereocenters. The zero-order chi connectivity index (χ0) is 14.0. The molecule has 1 N–H and O–H groups in total. The number of aliphatic hydroxyl groups excluding tert-OH is 1. The second kappa shape index (κ2) is 6.55. The summed E-state index contributed by atoms with van der Waals surface area (Å²) in [5.74, 6) is 2.65. The van der Waals surface area contributed by atoms with E-state index in [2.05, 4.69) is 37.7 Å². The number of nitrogens with zero attached hydrogens (tertiary/aromatic N) is 2. The highest BCUT2D eigenvalue weighted by atomic mass is 16.3. The first-order chi connectivity index (χ1) is 8.95. The number of likely N-dealkylation sites (tertiary alicyclic amines) is 1. The second-order valence-corrected chi connectivity index (χ2v) is 7.42. The lowest BCUT2D eigenvalue weighted by molar-refractivity contribution is 0.0000167. The molecule has 0 spiro atoms. The Morgan fingerprint density at radius 1 is 1.21 bits per heavy atom. The van der Waals surface area contributed by atoms with Gasteiger partial charge in [-0.2, -0.15) is 0 Å². The number of aliphatic hydroxyl groups is 1. The van der Waals surface area contributed by atoms with Gasteiger partial charge in [0.1, 0.15) is 0 Å². The summed E-state index contributed by atoms with van der Waals surface area (Å²) in [6, 6.07) is 0. The molecule has 0 aromatic heterocycles. The number of rotatable bonds is 4. The predicted octanol–water partition coefficient (Wildman–Crippen LogP) is 1.91. The zero-order valence-electron chi connectivity index (χ0n) is 13.2. The van der Waals surface area contributed by atoms with Crippen molar-refractivity contribution in [2.45, 2.75) is 39.2 Å². The minimum atomic E-state index is -0.0903. The average Bonchev–Trinajstić information content (AvgIpc) is 2.69. The van der Waals surface area contributed by atoms with E-state index in [0.29, 0.717) is 17.8 Å². The molecule has 1 saturated heterocycles. The van der Waals surface area contributed by atoms with Gasteiger partial charge in [0.15, 0.2) is 0 Å². The molecule has 0 bridgehead atoms. The number of hydrogen-bond acceptors (Lipinski definition) is 3. The minimum absolute atomic E-state index is 0.0903. The Labute approximate surface area is 119 Å². The Kier molecular flexibility index (Phi) is 5.27. The van der Waals surface area contributed by atoms with Gasteiger partial charge in [0.2, 0.25) is 0 Å². The molecule has 112 valence electrons. The Morgan fingerprint density at radius 2 is 1.95 bits per heavy atom. The van der Waals surface area contributed by atoms with Crippen molar-refractivity contribution in [2.24, 2.45) is 23.7 Å². The molecule has 1 aliphatic carbocycles. The van der Waals surface area contributed by atoms with E-state index in [1.54, 1.807) is 0 Å². The summed E-state index contributed by atoms with van der Waals surface area (Å²) >= 11 is 0. The van der Waals surface area contributed by atoms with E-state index in [1.165, 1.54) is 32.5 Å². The number of hydrogen-bond donors (Lipinski definition) is 1. The van der Waals surface area contributed by atoms with Crippen LogP contribution < -0.4 is 0 Å². The third-order valence-corrected chi connectivity index (χ3v) is 5.22. The van der Waals surface area contributed by atoms with Gasteiger partial charge in [-0.25, -0.2) is 0 Å². The van der Waals surface area contributed by atoms with Crippen molar-refractivity contribution in [1.82, 2.24) is 9.80 Å². The zero-order valence-corrected chi connectivity index (χ0v) is 13.2. The lowest BCUT2D eigenvalue weighted by Crippen LogP contribution is -2.42. The first-order valence-electron chi connectivity index (χ1n) is 8.00. The molecular weight excluding hydrogens is 236 g/mol. The van der Waals surface area contributed by atoms with Crippen molar-refractivity contribution in [1.29, 1.82) is 0 Å². The van der Waals surface area contributed by atoms with Gasteiger partial charge in [0.05, 0.1) is 6.10 Å². The Balaban J connectivity index is 1.79. The van der Waals surface area contributed by atoms with Crippen LogP contribution in [0.5, 0.6) is 0 Å². The van der Waals surface area contributed by atoms with E-state index < -0.39 is 0 Å². The van der Waals surface area contributed by atoms with Crippen LogP contribution in [0.4, 0.5) is 0 Å². The van der Waals surface area contributed by atoms with Gasteiger partial charge in [-0.3, -0.25) is 0 Å². The first-order valence-corrected chi connectivity index (χ1v) is 8.00. The molecule has 0 aromatic rings. The van der Waals surface area contributed by atoms with Gasteiger partial charge in [-0.15, -0.1) is 0 Å². The highest BCUT2D eigenvalue weighted by molar-refractivity contribution is 4.85. The fourth-order valence-electron chi connectivity index (χ4n) is 4.22. The van der Waals surface area contributed by atoms with Crippen LogP contribution >= 0.6 is 0 Å². The van der Waals surface area contributed by atoms with Gasteiger partial charge in [0.25, 0.3) is 0 Å². The van der Waals surface area contributed by atoms with Crippen LogP contribution in [-0.4, -0.2) is 61.3 Å². The summed E-state index contributed by atoms with van der Waals surface area (Å²) < 4.78 is 0. The summed E-state index contributed by atoms with van der Waals surface area (Å²) in [4.78, 5) is 4.89. The largest absolute Gasteiger partial charge is 0.393 e. The molecule has 19 heavy (non-hydrogen) atoms. The van der Waals surface area contributed by atoms with Gasteiger partial charge < -0.3 is 14.9 Å². The third kappa shape index (κ3) is 4.17. The van der Waals surface area contributed by atoms with Crippen LogP contribution in [0.1, 0.15) is 33.1 Å².